The second-order valence-corrected chi connectivity index (χ2v) is 7.44. The van der Waals surface area contributed by atoms with Crippen LogP contribution in [0.3, 0.4) is 0 Å². The van der Waals surface area contributed by atoms with Gasteiger partial charge in [-0.25, -0.2) is 14.6 Å². The zero-order chi connectivity index (χ0) is 17.9. The van der Waals surface area contributed by atoms with Crippen LogP contribution in [0.4, 0.5) is 5.82 Å². The third-order valence-electron chi connectivity index (χ3n) is 4.59. The molecule has 3 heterocycles. The van der Waals surface area contributed by atoms with E-state index in [1.54, 1.807) is 11.0 Å². The van der Waals surface area contributed by atoms with Gasteiger partial charge in [-0.2, -0.15) is 5.10 Å². The Balaban J connectivity index is 1.40. The van der Waals surface area contributed by atoms with E-state index in [-0.39, 0.29) is 0 Å². The zero-order valence-corrected chi connectivity index (χ0v) is 16.3. The smallest absolute Gasteiger partial charge is 0.158 e. The minimum Gasteiger partial charge on any atom is -0.354 e. The first-order valence-electron chi connectivity index (χ1n) is 8.74. The van der Waals surface area contributed by atoms with E-state index in [1.165, 1.54) is 5.56 Å². The zero-order valence-electron chi connectivity index (χ0n) is 14.7. The van der Waals surface area contributed by atoms with E-state index in [1.807, 2.05) is 25.3 Å². The molecule has 26 heavy (non-hydrogen) atoms. The van der Waals surface area contributed by atoms with Crippen molar-refractivity contribution in [2.24, 2.45) is 0 Å². The van der Waals surface area contributed by atoms with Crippen LogP contribution in [0.25, 0.3) is 5.82 Å². The Kier molecular flexibility index (Phi) is 4.99. The summed E-state index contributed by atoms with van der Waals surface area (Å²) in [6.45, 7) is 6.92. The highest BCUT2D eigenvalue weighted by atomic mass is 79.9. The molecule has 1 aliphatic heterocycles. The molecule has 0 aliphatic carbocycles. The lowest BCUT2D eigenvalue weighted by atomic mass is 10.2. The van der Waals surface area contributed by atoms with Crippen molar-refractivity contribution in [3.63, 3.8) is 0 Å². The number of hydrogen-bond acceptors (Lipinski definition) is 5. The number of benzene rings is 1. The number of anilines is 1. The summed E-state index contributed by atoms with van der Waals surface area (Å²) in [6, 6.07) is 12.5. The molecule has 1 saturated heterocycles. The first-order valence-corrected chi connectivity index (χ1v) is 9.53. The molecule has 0 unspecified atom stereocenters. The maximum Gasteiger partial charge on any atom is 0.158 e. The van der Waals surface area contributed by atoms with Crippen LogP contribution in [0.5, 0.6) is 0 Å². The highest BCUT2D eigenvalue weighted by molar-refractivity contribution is 9.10. The molecule has 2 aromatic heterocycles. The molecule has 134 valence electrons. The summed E-state index contributed by atoms with van der Waals surface area (Å²) in [5, 5.41) is 4.43. The first-order chi connectivity index (χ1) is 12.7. The summed E-state index contributed by atoms with van der Waals surface area (Å²) in [5.74, 6) is 1.77. The van der Waals surface area contributed by atoms with Crippen LogP contribution < -0.4 is 4.90 Å². The van der Waals surface area contributed by atoms with Crippen molar-refractivity contribution < 1.29 is 0 Å². The third-order valence-corrected chi connectivity index (χ3v) is 5.08. The molecule has 0 saturated carbocycles. The summed E-state index contributed by atoms with van der Waals surface area (Å²) in [5.41, 5.74) is 2.32. The summed E-state index contributed by atoms with van der Waals surface area (Å²) >= 11 is 3.55. The van der Waals surface area contributed by atoms with Crippen molar-refractivity contribution >= 4 is 21.7 Å². The molecule has 0 N–H and O–H groups in total. The number of halogens is 1. The van der Waals surface area contributed by atoms with Crippen LogP contribution in [0.2, 0.25) is 0 Å². The molecule has 1 fully saturated rings. The van der Waals surface area contributed by atoms with Crippen LogP contribution in [0.1, 0.15) is 11.3 Å². The van der Waals surface area contributed by atoms with Crippen molar-refractivity contribution in [1.82, 2.24) is 24.6 Å². The third kappa shape index (κ3) is 3.94. The van der Waals surface area contributed by atoms with Crippen molar-refractivity contribution in [2.45, 2.75) is 13.5 Å². The average Bonchev–Trinajstić information content (AvgIpc) is 3.09. The molecule has 3 aromatic rings. The van der Waals surface area contributed by atoms with E-state index in [2.05, 4.69) is 65.1 Å². The lowest BCUT2D eigenvalue weighted by Gasteiger charge is -2.35. The van der Waals surface area contributed by atoms with Crippen LogP contribution in [0, 0.1) is 6.92 Å². The average molecular weight is 413 g/mol. The van der Waals surface area contributed by atoms with Crippen molar-refractivity contribution in [2.75, 3.05) is 31.1 Å². The van der Waals surface area contributed by atoms with Gasteiger partial charge in [0.05, 0.1) is 5.69 Å². The maximum absolute atomic E-state index is 4.46. The van der Waals surface area contributed by atoms with E-state index >= 15 is 0 Å². The van der Waals surface area contributed by atoms with Gasteiger partial charge in [0.25, 0.3) is 0 Å². The van der Waals surface area contributed by atoms with Crippen LogP contribution in [-0.4, -0.2) is 50.8 Å². The molecule has 0 radical (unpaired) electrons. The quantitative estimate of drug-likeness (QED) is 0.658. The second-order valence-electron chi connectivity index (χ2n) is 6.53. The molecule has 0 amide bonds. The van der Waals surface area contributed by atoms with Crippen molar-refractivity contribution in [3.05, 3.63) is 64.7 Å². The Bertz CT molecular complexity index is 885. The largest absolute Gasteiger partial charge is 0.354 e. The predicted octanol–water partition coefficient (Wildman–Crippen LogP) is 3.06. The Morgan fingerprint density at radius 2 is 1.81 bits per heavy atom. The van der Waals surface area contributed by atoms with Gasteiger partial charge >= 0.3 is 0 Å². The topological polar surface area (TPSA) is 50.1 Å². The summed E-state index contributed by atoms with van der Waals surface area (Å²) < 4.78 is 2.93. The Morgan fingerprint density at radius 3 is 2.54 bits per heavy atom. The second kappa shape index (κ2) is 7.55. The van der Waals surface area contributed by atoms with Crippen molar-refractivity contribution in [1.29, 1.82) is 0 Å². The van der Waals surface area contributed by atoms with Gasteiger partial charge in [0, 0.05) is 49.5 Å². The van der Waals surface area contributed by atoms with Gasteiger partial charge < -0.3 is 4.90 Å². The molecular formula is C19H21BrN6. The highest BCUT2D eigenvalue weighted by Crippen LogP contribution is 2.18. The van der Waals surface area contributed by atoms with Crippen LogP contribution in [0.15, 0.2) is 53.4 Å². The van der Waals surface area contributed by atoms with E-state index in [0.29, 0.717) is 0 Å². The number of hydrogen-bond donors (Lipinski definition) is 0. The minimum atomic E-state index is 0.805. The molecular weight excluding hydrogens is 392 g/mol. The SMILES string of the molecule is Cc1ccn(-c2cc(N3CCN(Cc4cccc(Br)c4)CC3)ncn2)n1. The fraction of sp³-hybridized carbons (Fsp3) is 0.316. The van der Waals surface area contributed by atoms with E-state index in [4.69, 9.17) is 0 Å². The Hall–Kier alpha value is -2.25. The van der Waals surface area contributed by atoms with Crippen molar-refractivity contribution in [3.8, 4) is 5.82 Å². The molecule has 0 atom stereocenters. The summed E-state index contributed by atoms with van der Waals surface area (Å²) in [4.78, 5) is 13.6. The molecule has 0 spiro atoms. The Labute approximate surface area is 161 Å². The number of rotatable bonds is 4. The molecule has 1 aliphatic rings. The maximum atomic E-state index is 4.46. The van der Waals surface area contributed by atoms with Crippen LogP contribution >= 0.6 is 15.9 Å². The summed E-state index contributed by atoms with van der Waals surface area (Å²) in [6.07, 6.45) is 3.55. The minimum absolute atomic E-state index is 0.805. The van der Waals surface area contributed by atoms with Gasteiger partial charge in [-0.05, 0) is 30.7 Å². The van der Waals surface area contributed by atoms with Gasteiger partial charge in [-0.15, -0.1) is 0 Å². The molecule has 6 nitrogen and oxygen atoms in total. The van der Waals surface area contributed by atoms with Gasteiger partial charge in [0.1, 0.15) is 12.1 Å². The van der Waals surface area contributed by atoms with Gasteiger partial charge in [-0.1, -0.05) is 28.1 Å². The lowest BCUT2D eigenvalue weighted by molar-refractivity contribution is 0.249. The number of aromatic nitrogens is 4. The predicted molar refractivity (Wildman–Crippen MR) is 106 cm³/mol. The fourth-order valence-corrected chi connectivity index (χ4v) is 3.65. The number of piperazine rings is 1. The summed E-state index contributed by atoms with van der Waals surface area (Å²) in [7, 11) is 0. The number of aryl methyl sites for hydroxylation is 1. The van der Waals surface area contributed by atoms with E-state index in [0.717, 1.165) is 54.5 Å². The van der Waals surface area contributed by atoms with Gasteiger partial charge in [0.2, 0.25) is 0 Å². The fourth-order valence-electron chi connectivity index (χ4n) is 3.21. The highest BCUT2D eigenvalue weighted by Gasteiger charge is 2.19. The first kappa shape index (κ1) is 17.2. The normalized spacial score (nSPS) is 15.4. The van der Waals surface area contributed by atoms with Gasteiger partial charge in [0.15, 0.2) is 5.82 Å². The van der Waals surface area contributed by atoms with E-state index < -0.39 is 0 Å². The molecule has 4 rings (SSSR count). The monoisotopic (exact) mass is 412 g/mol. The molecule has 1 aromatic carbocycles. The standard InChI is InChI=1S/C19H21BrN6/c1-15-5-6-26(23-15)19-12-18(21-14-22-19)25-9-7-24(8-10-25)13-16-3-2-4-17(20)11-16/h2-6,11-12,14H,7-10,13H2,1H3. The van der Waals surface area contributed by atoms with Gasteiger partial charge in [-0.3, -0.25) is 4.90 Å². The Morgan fingerprint density at radius 1 is 1.00 bits per heavy atom. The van der Waals surface area contributed by atoms with Crippen LogP contribution in [-0.2, 0) is 6.54 Å². The number of nitrogens with zero attached hydrogens (tertiary/aromatic N) is 6. The van der Waals surface area contributed by atoms with E-state index in [9.17, 15) is 0 Å². The molecule has 7 heteroatoms. The lowest BCUT2D eigenvalue weighted by Crippen LogP contribution is -2.46. The molecule has 0 bridgehead atoms.